The van der Waals surface area contributed by atoms with Gasteiger partial charge in [0, 0.05) is 22.9 Å². The molecule has 1 aromatic heterocycles. The average Bonchev–Trinajstić information content (AvgIpc) is 2.84. The first-order valence-corrected chi connectivity index (χ1v) is 10.4. The number of fused-ring (bicyclic) bond motifs is 2. The van der Waals surface area contributed by atoms with Crippen LogP contribution in [0.4, 0.5) is 24.5 Å². The molecule has 0 saturated carbocycles. The van der Waals surface area contributed by atoms with Gasteiger partial charge in [-0.15, -0.1) is 0 Å². The van der Waals surface area contributed by atoms with Gasteiger partial charge in [0.1, 0.15) is 6.54 Å². The van der Waals surface area contributed by atoms with Gasteiger partial charge in [0.15, 0.2) is 12.0 Å². The molecule has 0 fully saturated rings. The average molecular weight is 499 g/mol. The highest BCUT2D eigenvalue weighted by atomic mass is 19.4. The first-order valence-electron chi connectivity index (χ1n) is 10.4. The molecule has 0 atom stereocenters. The number of nitro benzene ring substituents is 1. The van der Waals surface area contributed by atoms with Crippen molar-refractivity contribution in [2.45, 2.75) is 12.7 Å². The molecule has 0 aliphatic carbocycles. The summed E-state index contributed by atoms with van der Waals surface area (Å²) in [5.74, 6) is -1.94. The Bertz CT molecular complexity index is 1520. The SMILES string of the molecule is O=C(COC(=O)Cn1c2ccccc2c(=O)c2ccccc21)Nc1ccc([N+](=O)[O-])cc1C(F)(F)F. The number of esters is 1. The second kappa shape index (κ2) is 9.49. The number of alkyl halides is 3. The van der Waals surface area contributed by atoms with Crippen molar-refractivity contribution in [3.63, 3.8) is 0 Å². The number of halogens is 3. The number of ether oxygens (including phenoxy) is 1. The number of anilines is 1. The number of benzene rings is 3. The summed E-state index contributed by atoms with van der Waals surface area (Å²) in [5, 5.41) is 13.5. The zero-order valence-corrected chi connectivity index (χ0v) is 18.2. The minimum atomic E-state index is -4.97. The van der Waals surface area contributed by atoms with Gasteiger partial charge in [-0.3, -0.25) is 24.5 Å². The minimum Gasteiger partial charge on any atom is -0.454 e. The largest absolute Gasteiger partial charge is 0.454 e. The molecular formula is C24H16F3N3O6. The Morgan fingerprint density at radius 1 is 0.972 bits per heavy atom. The molecule has 0 aliphatic rings. The summed E-state index contributed by atoms with van der Waals surface area (Å²) >= 11 is 0. The third kappa shape index (κ3) is 4.87. The van der Waals surface area contributed by atoms with Gasteiger partial charge in [-0.05, 0) is 30.3 Å². The van der Waals surface area contributed by atoms with Crippen LogP contribution in [0.25, 0.3) is 21.8 Å². The van der Waals surface area contributed by atoms with Crippen LogP contribution >= 0.6 is 0 Å². The van der Waals surface area contributed by atoms with Crippen LogP contribution in [0.5, 0.6) is 0 Å². The summed E-state index contributed by atoms with van der Waals surface area (Å²) < 4.78 is 46.4. The third-order valence-electron chi connectivity index (χ3n) is 5.32. The Morgan fingerprint density at radius 3 is 2.11 bits per heavy atom. The van der Waals surface area contributed by atoms with Crippen molar-refractivity contribution in [2.24, 2.45) is 0 Å². The highest BCUT2D eigenvalue weighted by Crippen LogP contribution is 2.37. The summed E-state index contributed by atoms with van der Waals surface area (Å²) in [6.45, 7) is -1.27. The lowest BCUT2D eigenvalue weighted by molar-refractivity contribution is -0.385. The van der Waals surface area contributed by atoms with Crippen LogP contribution in [0, 0.1) is 10.1 Å². The van der Waals surface area contributed by atoms with Crippen molar-refractivity contribution < 1.29 is 32.4 Å². The Balaban J connectivity index is 1.52. The number of hydrogen-bond acceptors (Lipinski definition) is 6. The highest BCUT2D eigenvalue weighted by molar-refractivity contribution is 5.96. The number of hydrogen-bond donors (Lipinski definition) is 1. The van der Waals surface area contributed by atoms with E-state index in [-0.39, 0.29) is 12.0 Å². The summed E-state index contributed by atoms with van der Waals surface area (Å²) in [5.41, 5.74) is -2.22. The lowest BCUT2D eigenvalue weighted by atomic mass is 10.1. The molecule has 0 unspecified atom stereocenters. The third-order valence-corrected chi connectivity index (χ3v) is 5.32. The second-order valence-corrected chi connectivity index (χ2v) is 7.64. The van der Waals surface area contributed by atoms with Gasteiger partial charge in [-0.25, -0.2) is 0 Å². The van der Waals surface area contributed by atoms with E-state index in [2.05, 4.69) is 0 Å². The van der Waals surface area contributed by atoms with E-state index in [1.165, 1.54) is 0 Å². The fourth-order valence-electron chi connectivity index (χ4n) is 3.74. The van der Waals surface area contributed by atoms with Crippen LogP contribution in [-0.4, -0.2) is 28.0 Å². The molecule has 0 bridgehead atoms. The van der Waals surface area contributed by atoms with Crippen molar-refractivity contribution in [2.75, 3.05) is 11.9 Å². The first-order chi connectivity index (χ1) is 17.1. The van der Waals surface area contributed by atoms with Gasteiger partial charge in [-0.2, -0.15) is 13.2 Å². The maximum absolute atomic E-state index is 13.3. The molecule has 36 heavy (non-hydrogen) atoms. The predicted molar refractivity (Wildman–Crippen MR) is 123 cm³/mol. The van der Waals surface area contributed by atoms with Crippen molar-refractivity contribution in [1.29, 1.82) is 0 Å². The number of nitrogens with zero attached hydrogens (tertiary/aromatic N) is 2. The summed E-state index contributed by atoms with van der Waals surface area (Å²) in [6.07, 6.45) is -4.97. The van der Waals surface area contributed by atoms with E-state index < -0.39 is 46.5 Å². The van der Waals surface area contributed by atoms with E-state index in [0.717, 1.165) is 12.1 Å². The fraction of sp³-hybridized carbons (Fsp3) is 0.125. The molecule has 0 spiro atoms. The molecule has 4 rings (SSSR count). The zero-order valence-electron chi connectivity index (χ0n) is 18.2. The summed E-state index contributed by atoms with van der Waals surface area (Å²) in [6, 6.07) is 15.1. The fourth-order valence-corrected chi connectivity index (χ4v) is 3.74. The minimum absolute atomic E-state index is 0.214. The van der Waals surface area contributed by atoms with Crippen molar-refractivity contribution in [3.8, 4) is 0 Å². The molecule has 1 amide bonds. The molecule has 184 valence electrons. The molecule has 12 heteroatoms. The molecule has 9 nitrogen and oxygen atoms in total. The Labute approximate surface area is 199 Å². The van der Waals surface area contributed by atoms with Gasteiger partial charge in [0.25, 0.3) is 11.6 Å². The van der Waals surface area contributed by atoms with E-state index in [9.17, 15) is 37.7 Å². The van der Waals surface area contributed by atoms with Gasteiger partial charge < -0.3 is 14.6 Å². The van der Waals surface area contributed by atoms with E-state index in [1.807, 2.05) is 5.32 Å². The molecule has 0 radical (unpaired) electrons. The molecule has 3 aromatic carbocycles. The number of amides is 1. The Kier molecular flexibility index (Phi) is 6.43. The second-order valence-electron chi connectivity index (χ2n) is 7.64. The van der Waals surface area contributed by atoms with Crippen LogP contribution in [0.15, 0.2) is 71.5 Å². The number of nitrogens with one attached hydrogen (secondary N) is 1. The zero-order chi connectivity index (χ0) is 26.0. The number of non-ortho nitro benzene ring substituents is 1. The predicted octanol–water partition coefficient (Wildman–Crippen LogP) is 4.26. The van der Waals surface area contributed by atoms with Crippen LogP contribution < -0.4 is 10.7 Å². The first kappa shape index (κ1) is 24.4. The van der Waals surface area contributed by atoms with Gasteiger partial charge >= 0.3 is 12.1 Å². The van der Waals surface area contributed by atoms with Crippen LogP contribution in [0.3, 0.4) is 0 Å². The molecular weight excluding hydrogens is 483 g/mol. The Morgan fingerprint density at radius 2 is 1.56 bits per heavy atom. The highest BCUT2D eigenvalue weighted by Gasteiger charge is 2.35. The van der Waals surface area contributed by atoms with E-state index in [0.29, 0.717) is 27.9 Å². The van der Waals surface area contributed by atoms with Crippen molar-refractivity contribution in [1.82, 2.24) is 4.57 Å². The monoisotopic (exact) mass is 499 g/mol. The lowest BCUT2D eigenvalue weighted by Gasteiger charge is -2.15. The molecule has 0 aliphatic heterocycles. The summed E-state index contributed by atoms with van der Waals surface area (Å²) in [7, 11) is 0. The van der Waals surface area contributed by atoms with Crippen LogP contribution in [-0.2, 0) is 27.0 Å². The molecule has 4 aromatic rings. The summed E-state index contributed by atoms with van der Waals surface area (Å²) in [4.78, 5) is 47.3. The number of carbonyl (C=O) groups excluding carboxylic acids is 2. The molecule has 0 saturated heterocycles. The van der Waals surface area contributed by atoms with Gasteiger partial charge in [0.05, 0.1) is 27.2 Å². The number of aromatic nitrogens is 1. The molecule has 1 heterocycles. The van der Waals surface area contributed by atoms with E-state index in [1.54, 1.807) is 53.1 Å². The van der Waals surface area contributed by atoms with Crippen molar-refractivity contribution in [3.05, 3.63) is 92.6 Å². The molecule has 1 N–H and O–H groups in total. The number of pyridine rings is 1. The standard InChI is InChI=1S/C24H16F3N3O6/c25-24(26,27)17-11-14(30(34)35)9-10-18(17)28-21(31)13-36-22(32)12-29-19-7-3-1-5-15(19)23(33)16-6-2-4-8-20(16)29/h1-11H,12-13H2,(H,28,31). The van der Waals surface area contributed by atoms with Crippen molar-refractivity contribution >= 4 is 45.1 Å². The lowest BCUT2D eigenvalue weighted by Crippen LogP contribution is -2.25. The van der Waals surface area contributed by atoms with E-state index in [4.69, 9.17) is 4.74 Å². The van der Waals surface area contributed by atoms with Gasteiger partial charge in [0.2, 0.25) is 0 Å². The number of carbonyl (C=O) groups is 2. The number of nitro groups is 1. The number of rotatable bonds is 6. The van der Waals surface area contributed by atoms with Crippen LogP contribution in [0.1, 0.15) is 5.56 Å². The van der Waals surface area contributed by atoms with Gasteiger partial charge in [-0.1, -0.05) is 24.3 Å². The maximum Gasteiger partial charge on any atom is 0.418 e. The maximum atomic E-state index is 13.3. The van der Waals surface area contributed by atoms with Crippen LogP contribution in [0.2, 0.25) is 0 Å². The quantitative estimate of drug-likeness (QED) is 0.183. The normalized spacial score (nSPS) is 11.4. The topological polar surface area (TPSA) is 121 Å². The Hall–Kier alpha value is -4.74. The smallest absolute Gasteiger partial charge is 0.418 e. The van der Waals surface area contributed by atoms with E-state index >= 15 is 0 Å². The number of para-hydroxylation sites is 2.